The Morgan fingerprint density at radius 2 is 1.70 bits per heavy atom. The molecule has 10 nitrogen and oxygen atoms in total. The highest BCUT2D eigenvalue weighted by atomic mass is 32.2. The van der Waals surface area contributed by atoms with Crippen LogP contribution in [0.5, 0.6) is 5.75 Å². The summed E-state index contributed by atoms with van der Waals surface area (Å²) in [5, 5.41) is 13.4. The zero-order valence-corrected chi connectivity index (χ0v) is 33.5. The number of aliphatic hydroxyl groups excluding tert-OH is 1. The van der Waals surface area contributed by atoms with E-state index in [0.29, 0.717) is 47.5 Å². The first-order valence-corrected chi connectivity index (χ1v) is 22.2. The van der Waals surface area contributed by atoms with Gasteiger partial charge in [-0.2, -0.15) is 8.42 Å². The molecular weight excluding hydrogens is 709 g/mol. The summed E-state index contributed by atoms with van der Waals surface area (Å²) < 4.78 is 33.9. The smallest absolute Gasteiger partial charge is 0.320 e. The van der Waals surface area contributed by atoms with E-state index >= 15 is 0 Å². The van der Waals surface area contributed by atoms with E-state index in [4.69, 9.17) is 4.74 Å². The lowest BCUT2D eigenvalue weighted by atomic mass is 9.49. The molecule has 1 N–H and O–H groups in total. The quantitative estimate of drug-likeness (QED) is 0.184. The molecule has 4 saturated carbocycles. The number of amides is 3. The third-order valence-corrected chi connectivity index (χ3v) is 16.1. The molecule has 2 aromatic heterocycles. The third-order valence-electron chi connectivity index (χ3n) is 13.0. The van der Waals surface area contributed by atoms with E-state index in [-0.39, 0.29) is 34.8 Å². The summed E-state index contributed by atoms with van der Waals surface area (Å²) in [6.07, 6.45) is 11.9. The number of hydrogen-bond acceptors (Lipinski definition) is 7. The van der Waals surface area contributed by atoms with E-state index in [2.05, 4.69) is 11.8 Å². The van der Waals surface area contributed by atoms with Crippen LogP contribution in [0.15, 0.2) is 52.2 Å². The molecule has 1 saturated heterocycles. The number of nitrogens with zero attached hydrogens (tertiary/aromatic N) is 4. The monoisotopic (exact) mass is 766 g/mol. The predicted octanol–water partition coefficient (Wildman–Crippen LogP) is 7.31. The normalized spacial score (nSPS) is 25.5. The van der Waals surface area contributed by atoms with Crippen LogP contribution in [0, 0.1) is 35.0 Å². The number of fused-ring (bicyclic) bond motifs is 1. The van der Waals surface area contributed by atoms with Crippen LogP contribution in [0.3, 0.4) is 0 Å². The van der Waals surface area contributed by atoms with Gasteiger partial charge in [0.2, 0.25) is 5.91 Å². The summed E-state index contributed by atoms with van der Waals surface area (Å²) in [6, 6.07) is 10.1. The van der Waals surface area contributed by atoms with Crippen LogP contribution >= 0.6 is 11.3 Å². The number of rotatable bonds is 14. The maximum Gasteiger partial charge on any atom is 0.320 e. The minimum absolute atomic E-state index is 0.0431. The first-order valence-electron chi connectivity index (χ1n) is 19.9. The van der Waals surface area contributed by atoms with Gasteiger partial charge in [0, 0.05) is 44.3 Å². The maximum atomic E-state index is 13.9. The molecular formula is C41H58N4O6S2. The van der Waals surface area contributed by atoms with Gasteiger partial charge in [0.15, 0.2) is 0 Å². The van der Waals surface area contributed by atoms with Crippen molar-refractivity contribution in [2.45, 2.75) is 101 Å². The molecule has 3 heterocycles. The van der Waals surface area contributed by atoms with Crippen LogP contribution in [0.1, 0.15) is 85.0 Å². The zero-order chi connectivity index (χ0) is 37.5. The Morgan fingerprint density at radius 3 is 2.30 bits per heavy atom. The molecule has 8 rings (SSSR count). The second-order valence-electron chi connectivity index (χ2n) is 16.9. The highest BCUT2D eigenvalue weighted by Crippen LogP contribution is 2.60. The summed E-state index contributed by atoms with van der Waals surface area (Å²) in [5.74, 6) is 4.23. The van der Waals surface area contributed by atoms with E-state index < -0.39 is 16.1 Å². The van der Waals surface area contributed by atoms with E-state index in [1.807, 2.05) is 25.8 Å². The van der Waals surface area contributed by atoms with E-state index in [0.717, 1.165) is 69.2 Å². The van der Waals surface area contributed by atoms with E-state index in [9.17, 15) is 23.1 Å². The van der Waals surface area contributed by atoms with Crippen LogP contribution in [0.2, 0.25) is 0 Å². The first-order chi connectivity index (χ1) is 25.4. The van der Waals surface area contributed by atoms with E-state index in [1.54, 1.807) is 46.7 Å². The molecule has 1 aromatic carbocycles. The number of ether oxygens (including phenoxy) is 1. The molecule has 3 aromatic rings. The van der Waals surface area contributed by atoms with Gasteiger partial charge < -0.3 is 24.5 Å². The Balaban J connectivity index is 0.895. The molecule has 3 amide bonds. The number of aromatic nitrogens is 1. The SMILES string of the molecule is CCC(CCN(C)C(=O)C12CC3CC(CC(C3)C1)C2)C1CCN(C(=O)N(CC(O)COc2cccc3c2ccn3S(=O)(=O)c2cccs2)C(C)C)CC1. The van der Waals surface area contributed by atoms with Crippen LogP contribution in [0.25, 0.3) is 10.9 Å². The Kier molecular flexibility index (Phi) is 11.2. The molecule has 5 aliphatic rings. The van der Waals surface area contributed by atoms with Crippen molar-refractivity contribution in [3.8, 4) is 5.75 Å². The fraction of sp³-hybridized carbons (Fsp3) is 0.659. The fourth-order valence-corrected chi connectivity index (χ4v) is 13.1. The van der Waals surface area contributed by atoms with Crippen LogP contribution < -0.4 is 4.74 Å². The van der Waals surface area contributed by atoms with Crippen LogP contribution in [-0.2, 0) is 14.8 Å². The van der Waals surface area contributed by atoms with Crippen molar-refractivity contribution in [2.24, 2.45) is 35.0 Å². The summed E-state index contributed by atoms with van der Waals surface area (Å²) in [4.78, 5) is 33.4. The summed E-state index contributed by atoms with van der Waals surface area (Å²) in [5.41, 5.74) is 0.408. The van der Waals surface area contributed by atoms with Crippen LogP contribution in [0.4, 0.5) is 4.79 Å². The fourth-order valence-electron chi connectivity index (χ4n) is 10.7. The zero-order valence-electron chi connectivity index (χ0n) is 31.9. The van der Waals surface area contributed by atoms with Gasteiger partial charge in [0.1, 0.15) is 22.7 Å². The number of carbonyl (C=O) groups is 2. The number of thiophene rings is 1. The van der Waals surface area contributed by atoms with Crippen molar-refractivity contribution in [1.29, 1.82) is 0 Å². The molecule has 12 heteroatoms. The Bertz CT molecular complexity index is 1810. The number of benzene rings is 1. The second kappa shape index (κ2) is 15.6. The second-order valence-corrected chi connectivity index (χ2v) is 19.9. The Hall–Kier alpha value is -3.09. The number of carbonyl (C=O) groups excluding carboxylic acids is 2. The van der Waals surface area contributed by atoms with Crippen LogP contribution in [-0.4, -0.2) is 96.1 Å². The largest absolute Gasteiger partial charge is 0.490 e. The van der Waals surface area contributed by atoms with Crippen molar-refractivity contribution in [3.63, 3.8) is 0 Å². The summed E-state index contributed by atoms with van der Waals surface area (Å²) in [6.45, 7) is 8.45. The highest BCUT2D eigenvalue weighted by Gasteiger charge is 2.55. The molecule has 4 bridgehead atoms. The lowest BCUT2D eigenvalue weighted by Crippen LogP contribution is -2.54. The number of piperidine rings is 1. The lowest BCUT2D eigenvalue weighted by Gasteiger charge is -2.56. The summed E-state index contributed by atoms with van der Waals surface area (Å²) in [7, 11) is -1.70. The molecule has 2 atom stereocenters. The average molecular weight is 767 g/mol. The topological polar surface area (TPSA) is 112 Å². The molecule has 2 unspecified atom stereocenters. The number of likely N-dealkylation sites (tertiary alicyclic amines) is 1. The minimum atomic E-state index is -3.73. The maximum absolute atomic E-state index is 13.9. The van der Waals surface area contributed by atoms with Gasteiger partial charge in [0.05, 0.1) is 17.5 Å². The number of urea groups is 1. The van der Waals surface area contributed by atoms with Gasteiger partial charge >= 0.3 is 6.03 Å². The van der Waals surface area contributed by atoms with Crippen molar-refractivity contribution in [1.82, 2.24) is 18.7 Å². The molecule has 0 spiro atoms. The molecule has 0 radical (unpaired) electrons. The molecule has 290 valence electrons. The lowest BCUT2D eigenvalue weighted by molar-refractivity contribution is -0.156. The molecule has 53 heavy (non-hydrogen) atoms. The van der Waals surface area contributed by atoms with Gasteiger partial charge in [-0.1, -0.05) is 25.5 Å². The number of aliphatic hydroxyl groups is 1. The molecule has 1 aliphatic heterocycles. The molecule has 4 aliphatic carbocycles. The minimum Gasteiger partial charge on any atom is -0.490 e. The van der Waals surface area contributed by atoms with E-state index in [1.165, 1.54) is 40.8 Å². The van der Waals surface area contributed by atoms with Crippen molar-refractivity contribution in [2.75, 3.05) is 39.8 Å². The van der Waals surface area contributed by atoms with Gasteiger partial charge in [-0.25, -0.2) is 8.77 Å². The van der Waals surface area contributed by atoms with Gasteiger partial charge in [0.25, 0.3) is 10.0 Å². The molecule has 5 fully saturated rings. The van der Waals surface area contributed by atoms with Gasteiger partial charge in [-0.3, -0.25) is 4.79 Å². The Morgan fingerprint density at radius 1 is 1.02 bits per heavy atom. The third kappa shape index (κ3) is 7.74. The van der Waals surface area contributed by atoms with Gasteiger partial charge in [-0.15, -0.1) is 11.3 Å². The Labute approximate surface area is 319 Å². The first kappa shape index (κ1) is 38.2. The predicted molar refractivity (Wildman–Crippen MR) is 209 cm³/mol. The van der Waals surface area contributed by atoms with Crippen molar-refractivity contribution < 1.29 is 27.9 Å². The number of hydrogen-bond donors (Lipinski definition) is 1. The van der Waals surface area contributed by atoms with Crippen molar-refractivity contribution in [3.05, 3.63) is 48.0 Å². The summed E-state index contributed by atoms with van der Waals surface area (Å²) >= 11 is 1.17. The standard InChI is InChI=1S/C41H58N4O6S2/c1-5-32(11-15-42(4)39(47)41-23-29-20-30(24-41)22-31(21-29)25-41)33-12-16-43(17-13-33)40(48)44(28(2)3)26-34(46)27-51-37-9-6-8-36-35(37)14-18-45(36)53(49,50)38-10-7-19-52-38/h6-10,14,18-19,28-34,46H,5,11-13,15-17,20-27H2,1-4H3. The van der Waals surface area contributed by atoms with Crippen molar-refractivity contribution >= 4 is 44.2 Å². The highest BCUT2D eigenvalue weighted by molar-refractivity contribution is 7.92. The average Bonchev–Trinajstić information content (AvgIpc) is 3.85. The van der Waals surface area contributed by atoms with Gasteiger partial charge in [-0.05, 0) is 131 Å².